The van der Waals surface area contributed by atoms with Gasteiger partial charge in [0.05, 0.1) is 0 Å². The van der Waals surface area contributed by atoms with Crippen LogP contribution >= 0.6 is 15.9 Å². The normalized spacial score (nSPS) is 23.1. The van der Waals surface area contributed by atoms with Gasteiger partial charge in [0, 0.05) is 27.8 Å². The smallest absolute Gasteiger partial charge is 0.248 e. The summed E-state index contributed by atoms with van der Waals surface area (Å²) in [7, 11) is 2.03. The van der Waals surface area contributed by atoms with Crippen molar-refractivity contribution in [3.8, 4) is 0 Å². The maximum atomic E-state index is 11.1. The van der Waals surface area contributed by atoms with Crippen molar-refractivity contribution in [1.29, 1.82) is 0 Å². The molecular weight excluding hydrogens is 306 g/mol. The fourth-order valence-corrected chi connectivity index (χ4v) is 3.03. The molecule has 1 aliphatic rings. The maximum Gasteiger partial charge on any atom is 0.248 e. The maximum absolute atomic E-state index is 11.1. The quantitative estimate of drug-likeness (QED) is 0.796. The van der Waals surface area contributed by atoms with E-state index >= 15 is 0 Å². The van der Waals surface area contributed by atoms with Crippen LogP contribution < -0.4 is 16.4 Å². The number of anilines is 1. The first-order valence-electron chi connectivity index (χ1n) is 6.63. The molecule has 1 amide bonds. The Kier molecular flexibility index (Phi) is 4.82. The zero-order valence-corrected chi connectivity index (χ0v) is 12.7. The fraction of sp³-hybridized carbons (Fsp3) is 0.500. The van der Waals surface area contributed by atoms with Gasteiger partial charge in [-0.25, -0.2) is 0 Å². The summed E-state index contributed by atoms with van der Waals surface area (Å²) in [6.07, 6.45) is 4.72. The number of amides is 1. The molecule has 19 heavy (non-hydrogen) atoms. The number of halogens is 1. The molecule has 0 saturated heterocycles. The number of carbonyl (C=O) groups is 1. The van der Waals surface area contributed by atoms with E-state index in [1.165, 1.54) is 12.8 Å². The SMILES string of the molecule is CNC1CCC(Nc2ccc(C(N)=O)cc2Br)CC1. The van der Waals surface area contributed by atoms with Crippen molar-refractivity contribution in [2.75, 3.05) is 12.4 Å². The van der Waals surface area contributed by atoms with Crippen LogP contribution in [0.4, 0.5) is 5.69 Å². The first kappa shape index (κ1) is 14.3. The van der Waals surface area contributed by atoms with E-state index in [2.05, 4.69) is 26.6 Å². The number of hydrogen-bond acceptors (Lipinski definition) is 3. The molecule has 0 spiro atoms. The predicted molar refractivity (Wildman–Crippen MR) is 81.4 cm³/mol. The first-order chi connectivity index (χ1) is 9.10. The van der Waals surface area contributed by atoms with Gasteiger partial charge in [0.1, 0.15) is 0 Å². The predicted octanol–water partition coefficient (Wildman–Crippen LogP) is 2.49. The van der Waals surface area contributed by atoms with Crippen molar-refractivity contribution >= 4 is 27.5 Å². The molecule has 0 aromatic heterocycles. The molecular formula is C14H20BrN3O. The van der Waals surface area contributed by atoms with Gasteiger partial charge < -0.3 is 16.4 Å². The van der Waals surface area contributed by atoms with Crippen molar-refractivity contribution < 1.29 is 4.79 Å². The lowest BCUT2D eigenvalue weighted by Crippen LogP contribution is -2.35. The van der Waals surface area contributed by atoms with E-state index in [1.54, 1.807) is 12.1 Å². The molecule has 4 nitrogen and oxygen atoms in total. The van der Waals surface area contributed by atoms with Crippen LogP contribution in [-0.4, -0.2) is 25.0 Å². The van der Waals surface area contributed by atoms with E-state index < -0.39 is 5.91 Å². The summed E-state index contributed by atoms with van der Waals surface area (Å²) in [5.41, 5.74) is 6.81. The van der Waals surface area contributed by atoms with E-state index in [4.69, 9.17) is 5.73 Å². The molecule has 104 valence electrons. The molecule has 4 N–H and O–H groups in total. The van der Waals surface area contributed by atoms with E-state index in [-0.39, 0.29) is 0 Å². The first-order valence-corrected chi connectivity index (χ1v) is 7.42. The summed E-state index contributed by atoms with van der Waals surface area (Å²) in [4.78, 5) is 11.1. The summed E-state index contributed by atoms with van der Waals surface area (Å²) in [6.45, 7) is 0. The van der Waals surface area contributed by atoms with Crippen molar-refractivity contribution in [2.24, 2.45) is 5.73 Å². The number of nitrogens with two attached hydrogens (primary N) is 1. The van der Waals surface area contributed by atoms with Gasteiger partial charge in [0.2, 0.25) is 5.91 Å². The van der Waals surface area contributed by atoms with Crippen molar-refractivity contribution in [2.45, 2.75) is 37.8 Å². The summed E-state index contributed by atoms with van der Waals surface area (Å²) >= 11 is 3.49. The van der Waals surface area contributed by atoms with Crippen LogP contribution in [0.1, 0.15) is 36.0 Å². The molecule has 1 saturated carbocycles. The van der Waals surface area contributed by atoms with Crippen molar-refractivity contribution in [3.05, 3.63) is 28.2 Å². The second-order valence-electron chi connectivity index (χ2n) is 5.04. The molecule has 1 aromatic rings. The van der Waals surface area contributed by atoms with Gasteiger partial charge in [-0.05, 0) is 66.9 Å². The fourth-order valence-electron chi connectivity index (χ4n) is 2.53. The summed E-state index contributed by atoms with van der Waals surface area (Å²) in [5.74, 6) is -0.401. The number of nitrogens with one attached hydrogen (secondary N) is 2. The van der Waals surface area contributed by atoms with Crippen molar-refractivity contribution in [1.82, 2.24) is 5.32 Å². The standard InChI is InChI=1S/C14H20BrN3O/c1-17-10-3-5-11(6-4-10)18-13-7-2-9(14(16)19)8-12(13)15/h2,7-8,10-11,17-18H,3-6H2,1H3,(H2,16,19). The van der Waals surface area contributed by atoms with E-state index in [1.807, 2.05) is 13.1 Å². The van der Waals surface area contributed by atoms with Gasteiger partial charge in [0.15, 0.2) is 0 Å². The Balaban J connectivity index is 1.98. The third-order valence-electron chi connectivity index (χ3n) is 3.75. The molecule has 0 atom stereocenters. The van der Waals surface area contributed by atoms with Gasteiger partial charge in [0.25, 0.3) is 0 Å². The number of hydrogen-bond donors (Lipinski definition) is 3. The largest absolute Gasteiger partial charge is 0.381 e. The van der Waals surface area contributed by atoms with Gasteiger partial charge >= 0.3 is 0 Å². The average Bonchev–Trinajstić information content (AvgIpc) is 2.41. The minimum atomic E-state index is -0.401. The zero-order valence-electron chi connectivity index (χ0n) is 11.1. The third-order valence-corrected chi connectivity index (χ3v) is 4.40. The topological polar surface area (TPSA) is 67.2 Å². The van der Waals surface area contributed by atoms with Crippen LogP contribution in [0.5, 0.6) is 0 Å². The van der Waals surface area contributed by atoms with Gasteiger partial charge in [-0.2, -0.15) is 0 Å². The minimum Gasteiger partial charge on any atom is -0.381 e. The van der Waals surface area contributed by atoms with Gasteiger partial charge in [-0.1, -0.05) is 0 Å². The third kappa shape index (κ3) is 3.70. The summed E-state index contributed by atoms with van der Waals surface area (Å²) in [6, 6.07) is 6.59. The highest BCUT2D eigenvalue weighted by atomic mass is 79.9. The van der Waals surface area contributed by atoms with Crippen molar-refractivity contribution in [3.63, 3.8) is 0 Å². The van der Waals surface area contributed by atoms with Crippen LogP contribution in [0.15, 0.2) is 22.7 Å². The lowest BCUT2D eigenvalue weighted by atomic mass is 9.91. The highest BCUT2D eigenvalue weighted by Gasteiger charge is 2.20. The Hall–Kier alpha value is -1.07. The monoisotopic (exact) mass is 325 g/mol. The Bertz CT molecular complexity index is 456. The van der Waals surface area contributed by atoms with Crippen LogP contribution in [-0.2, 0) is 0 Å². The molecule has 1 aromatic carbocycles. The second-order valence-corrected chi connectivity index (χ2v) is 5.89. The summed E-state index contributed by atoms with van der Waals surface area (Å²) < 4.78 is 0.888. The highest BCUT2D eigenvalue weighted by molar-refractivity contribution is 9.10. The molecule has 0 aliphatic heterocycles. The van der Waals surface area contributed by atoms with E-state index in [0.29, 0.717) is 17.6 Å². The van der Waals surface area contributed by atoms with Crippen LogP contribution in [0.2, 0.25) is 0 Å². The molecule has 1 fully saturated rings. The highest BCUT2D eigenvalue weighted by Crippen LogP contribution is 2.28. The molecule has 1 aliphatic carbocycles. The zero-order chi connectivity index (χ0) is 13.8. The van der Waals surface area contributed by atoms with Gasteiger partial charge in [-0.15, -0.1) is 0 Å². The van der Waals surface area contributed by atoms with E-state index in [9.17, 15) is 4.79 Å². The molecule has 0 unspecified atom stereocenters. The Labute approximate surface area is 122 Å². The van der Waals surface area contributed by atoms with E-state index in [0.717, 1.165) is 23.0 Å². The number of rotatable bonds is 4. The Morgan fingerprint density at radius 1 is 1.26 bits per heavy atom. The molecule has 0 heterocycles. The summed E-state index contributed by atoms with van der Waals surface area (Å²) in [5, 5.41) is 6.86. The number of primary amides is 1. The van der Waals surface area contributed by atoms with Gasteiger partial charge in [-0.3, -0.25) is 4.79 Å². The average molecular weight is 326 g/mol. The Morgan fingerprint density at radius 2 is 1.89 bits per heavy atom. The molecule has 2 rings (SSSR count). The van der Waals surface area contributed by atoms with Crippen LogP contribution in [0, 0.1) is 0 Å². The molecule has 5 heteroatoms. The lowest BCUT2D eigenvalue weighted by molar-refractivity contribution is 0.100. The van der Waals surface area contributed by atoms with Crippen LogP contribution in [0.25, 0.3) is 0 Å². The molecule has 0 radical (unpaired) electrons. The minimum absolute atomic E-state index is 0.401. The number of carbonyl (C=O) groups excluding carboxylic acids is 1. The van der Waals surface area contributed by atoms with Crippen LogP contribution in [0.3, 0.4) is 0 Å². The second kappa shape index (κ2) is 6.39. The number of benzene rings is 1. The Morgan fingerprint density at radius 3 is 2.42 bits per heavy atom. The molecule has 0 bridgehead atoms. The lowest BCUT2D eigenvalue weighted by Gasteiger charge is -2.29.